The first-order valence-electron chi connectivity index (χ1n) is 7.47. The van der Waals surface area contributed by atoms with E-state index < -0.39 is 20.3 Å². The third kappa shape index (κ3) is 7.43. The maximum atomic E-state index is 12.7. The SMILES string of the molecule is CCCCOP(Nc1cccc(C(F)(F)F)c1)OCCCC. The number of anilines is 1. The second-order valence-electron chi connectivity index (χ2n) is 4.82. The smallest absolute Gasteiger partial charge is 0.320 e. The number of hydrogen-bond donors (Lipinski definition) is 1. The minimum Gasteiger partial charge on any atom is -0.320 e. The lowest BCUT2D eigenvalue weighted by molar-refractivity contribution is -0.137. The molecule has 0 unspecified atom stereocenters. The molecule has 0 amide bonds. The van der Waals surface area contributed by atoms with Crippen molar-refractivity contribution in [2.24, 2.45) is 0 Å². The van der Waals surface area contributed by atoms with Gasteiger partial charge in [-0.25, -0.2) is 0 Å². The quantitative estimate of drug-likeness (QED) is 0.421. The van der Waals surface area contributed by atoms with Crippen LogP contribution in [0.3, 0.4) is 0 Å². The van der Waals surface area contributed by atoms with Crippen LogP contribution >= 0.6 is 8.53 Å². The van der Waals surface area contributed by atoms with E-state index >= 15 is 0 Å². The molecule has 0 aliphatic carbocycles. The zero-order valence-electron chi connectivity index (χ0n) is 12.9. The highest BCUT2D eigenvalue weighted by Crippen LogP contribution is 2.40. The van der Waals surface area contributed by atoms with Crippen LogP contribution in [-0.2, 0) is 15.2 Å². The Labute approximate surface area is 131 Å². The van der Waals surface area contributed by atoms with Gasteiger partial charge in [0.2, 0.25) is 0 Å². The summed E-state index contributed by atoms with van der Waals surface area (Å²) in [6, 6.07) is 5.07. The van der Waals surface area contributed by atoms with Crippen LogP contribution in [0, 0.1) is 0 Å². The molecule has 1 N–H and O–H groups in total. The first-order chi connectivity index (χ1) is 10.5. The second kappa shape index (κ2) is 10.0. The predicted octanol–water partition coefficient (Wildman–Crippen LogP) is 5.98. The van der Waals surface area contributed by atoms with Crippen LogP contribution in [0.25, 0.3) is 0 Å². The number of alkyl halides is 3. The van der Waals surface area contributed by atoms with Gasteiger partial charge in [0, 0.05) is 5.69 Å². The molecule has 0 fully saturated rings. The Kier molecular flexibility index (Phi) is 8.76. The Bertz CT molecular complexity index is 419. The summed E-state index contributed by atoms with van der Waals surface area (Å²) in [6.07, 6.45) is -0.601. The predicted molar refractivity (Wildman–Crippen MR) is 83.7 cm³/mol. The Balaban J connectivity index is 2.66. The molecule has 126 valence electrons. The van der Waals surface area contributed by atoms with E-state index in [2.05, 4.69) is 5.09 Å². The minimum absolute atomic E-state index is 0.355. The molecule has 7 heteroatoms. The highest BCUT2D eigenvalue weighted by atomic mass is 31.2. The number of rotatable bonds is 10. The van der Waals surface area contributed by atoms with Gasteiger partial charge in [-0.15, -0.1) is 0 Å². The summed E-state index contributed by atoms with van der Waals surface area (Å²) in [6.45, 7) is 5.15. The molecule has 0 aromatic heterocycles. The summed E-state index contributed by atoms with van der Waals surface area (Å²) in [5, 5.41) is 2.93. The number of nitrogens with one attached hydrogen (secondary N) is 1. The zero-order chi connectivity index (χ0) is 16.4. The average Bonchev–Trinajstić information content (AvgIpc) is 2.47. The third-order valence-corrected chi connectivity index (χ3v) is 4.10. The van der Waals surface area contributed by atoms with Gasteiger partial charge in [0.05, 0.1) is 18.8 Å². The van der Waals surface area contributed by atoms with Crippen molar-refractivity contribution in [3.8, 4) is 0 Å². The molecule has 0 bridgehead atoms. The lowest BCUT2D eigenvalue weighted by atomic mass is 10.2. The van der Waals surface area contributed by atoms with Gasteiger partial charge >= 0.3 is 6.18 Å². The van der Waals surface area contributed by atoms with E-state index in [0.29, 0.717) is 18.9 Å². The largest absolute Gasteiger partial charge is 0.416 e. The number of halogens is 3. The van der Waals surface area contributed by atoms with E-state index in [1.807, 2.05) is 13.8 Å². The van der Waals surface area contributed by atoms with Crippen LogP contribution in [0.15, 0.2) is 24.3 Å². The van der Waals surface area contributed by atoms with Gasteiger partial charge in [-0.05, 0) is 31.0 Å². The van der Waals surface area contributed by atoms with Crippen LogP contribution in [-0.4, -0.2) is 13.2 Å². The Hall–Kier alpha value is -0.840. The summed E-state index contributed by atoms with van der Waals surface area (Å²) in [5.74, 6) is 0. The van der Waals surface area contributed by atoms with Gasteiger partial charge in [-0.2, -0.15) is 13.2 Å². The molecule has 0 aliphatic rings. The van der Waals surface area contributed by atoms with Crippen LogP contribution < -0.4 is 5.09 Å². The summed E-state index contributed by atoms with van der Waals surface area (Å²) in [4.78, 5) is 0. The van der Waals surface area contributed by atoms with Gasteiger partial charge in [0.1, 0.15) is 0 Å². The molecule has 0 spiro atoms. The number of unbranched alkanes of at least 4 members (excludes halogenated alkanes) is 2. The molecule has 0 saturated carbocycles. The van der Waals surface area contributed by atoms with Crippen molar-refractivity contribution in [2.75, 3.05) is 18.3 Å². The highest BCUT2D eigenvalue weighted by molar-refractivity contribution is 7.48. The zero-order valence-corrected chi connectivity index (χ0v) is 13.8. The molecule has 0 aliphatic heterocycles. The highest BCUT2D eigenvalue weighted by Gasteiger charge is 2.30. The van der Waals surface area contributed by atoms with Crippen molar-refractivity contribution < 1.29 is 22.2 Å². The normalized spacial score (nSPS) is 11.9. The van der Waals surface area contributed by atoms with Gasteiger partial charge < -0.3 is 14.1 Å². The Morgan fingerprint density at radius 3 is 2.14 bits per heavy atom. The Morgan fingerprint density at radius 1 is 1.05 bits per heavy atom. The van der Waals surface area contributed by atoms with E-state index in [9.17, 15) is 13.2 Å². The molecule has 3 nitrogen and oxygen atoms in total. The fraction of sp³-hybridized carbons (Fsp3) is 0.600. The van der Waals surface area contributed by atoms with E-state index in [1.54, 1.807) is 6.07 Å². The standard InChI is InChI=1S/C15H23F3NO2P/c1-3-5-10-20-22(21-11-6-4-2)19-14-9-7-8-13(12-14)15(16,17)18/h7-9,12,19H,3-6,10-11H2,1-2H3. The van der Waals surface area contributed by atoms with Crippen molar-refractivity contribution in [3.63, 3.8) is 0 Å². The van der Waals surface area contributed by atoms with Gasteiger partial charge in [0.15, 0.2) is 0 Å². The lowest BCUT2D eigenvalue weighted by Crippen LogP contribution is -2.06. The van der Waals surface area contributed by atoms with Crippen LogP contribution in [0.2, 0.25) is 0 Å². The van der Waals surface area contributed by atoms with Crippen molar-refractivity contribution >= 4 is 14.2 Å². The lowest BCUT2D eigenvalue weighted by Gasteiger charge is -2.19. The molecule has 22 heavy (non-hydrogen) atoms. The second-order valence-corrected chi connectivity index (χ2v) is 6.08. The molecule has 1 rings (SSSR count). The fourth-order valence-electron chi connectivity index (χ4n) is 1.56. The van der Waals surface area contributed by atoms with E-state index in [-0.39, 0.29) is 0 Å². The topological polar surface area (TPSA) is 30.5 Å². The van der Waals surface area contributed by atoms with Crippen LogP contribution in [0.5, 0.6) is 0 Å². The van der Waals surface area contributed by atoms with E-state index in [0.717, 1.165) is 37.8 Å². The first-order valence-corrected chi connectivity index (χ1v) is 8.65. The Morgan fingerprint density at radius 2 is 1.64 bits per heavy atom. The molecule has 0 atom stereocenters. The molecule has 1 aromatic rings. The van der Waals surface area contributed by atoms with Gasteiger partial charge in [0.25, 0.3) is 8.53 Å². The van der Waals surface area contributed by atoms with Crippen molar-refractivity contribution in [1.29, 1.82) is 0 Å². The molecular formula is C15H23F3NO2P. The molecular weight excluding hydrogens is 314 g/mol. The molecule has 1 aromatic carbocycles. The van der Waals surface area contributed by atoms with E-state index in [1.165, 1.54) is 6.07 Å². The summed E-state index contributed by atoms with van der Waals surface area (Å²) in [7, 11) is -1.43. The molecule has 0 heterocycles. The van der Waals surface area contributed by atoms with Crippen molar-refractivity contribution in [1.82, 2.24) is 0 Å². The fourth-order valence-corrected chi connectivity index (χ4v) is 2.70. The third-order valence-electron chi connectivity index (χ3n) is 2.82. The number of benzene rings is 1. The number of hydrogen-bond acceptors (Lipinski definition) is 3. The monoisotopic (exact) mass is 337 g/mol. The van der Waals surface area contributed by atoms with Crippen LogP contribution in [0.1, 0.15) is 45.1 Å². The maximum Gasteiger partial charge on any atom is 0.416 e. The minimum atomic E-state index is -4.35. The summed E-state index contributed by atoms with van der Waals surface area (Å²) in [5.41, 5.74) is -0.330. The molecule has 0 radical (unpaired) electrons. The molecule has 0 saturated heterocycles. The maximum absolute atomic E-state index is 12.7. The van der Waals surface area contributed by atoms with Gasteiger partial charge in [-0.3, -0.25) is 0 Å². The van der Waals surface area contributed by atoms with E-state index in [4.69, 9.17) is 9.05 Å². The summed E-state index contributed by atoms with van der Waals surface area (Å²) < 4.78 is 49.4. The van der Waals surface area contributed by atoms with Crippen molar-refractivity contribution in [2.45, 2.75) is 45.7 Å². The summed E-state index contributed by atoms with van der Waals surface area (Å²) >= 11 is 0. The van der Waals surface area contributed by atoms with Crippen molar-refractivity contribution in [3.05, 3.63) is 29.8 Å². The first kappa shape index (κ1) is 19.2. The average molecular weight is 337 g/mol. The van der Waals surface area contributed by atoms with Crippen LogP contribution in [0.4, 0.5) is 18.9 Å². The van der Waals surface area contributed by atoms with Gasteiger partial charge in [-0.1, -0.05) is 32.8 Å².